The van der Waals surface area contributed by atoms with Crippen molar-refractivity contribution in [2.75, 3.05) is 39.4 Å². The summed E-state index contributed by atoms with van der Waals surface area (Å²) in [7, 11) is 0. The fourth-order valence-electron chi connectivity index (χ4n) is 1.74. The summed E-state index contributed by atoms with van der Waals surface area (Å²) >= 11 is 0. The molecular weight excluding hydrogens is 192 g/mol. The molecule has 1 N–H and O–H groups in total. The number of hydrogen-bond acceptors (Lipinski definition) is 3. The van der Waals surface area contributed by atoms with E-state index in [4.69, 9.17) is 4.74 Å². The first-order valence-electron chi connectivity index (χ1n) is 5.91. The Labute approximate surface area is 92.0 Å². The SMILES string of the molecule is CCOCCNCC(=O)N1CCCCC1. The Balaban J connectivity index is 2.02. The summed E-state index contributed by atoms with van der Waals surface area (Å²) in [6.07, 6.45) is 3.58. The molecule has 0 aromatic carbocycles. The smallest absolute Gasteiger partial charge is 0.236 e. The highest BCUT2D eigenvalue weighted by atomic mass is 16.5. The maximum absolute atomic E-state index is 11.7. The molecule has 0 aromatic heterocycles. The summed E-state index contributed by atoms with van der Waals surface area (Å²) in [5.74, 6) is 0.228. The summed E-state index contributed by atoms with van der Waals surface area (Å²) in [6, 6.07) is 0. The zero-order valence-electron chi connectivity index (χ0n) is 9.63. The van der Waals surface area contributed by atoms with Crippen LogP contribution in [0.4, 0.5) is 0 Å². The first kappa shape index (κ1) is 12.5. The zero-order chi connectivity index (χ0) is 10.9. The highest BCUT2D eigenvalue weighted by molar-refractivity contribution is 5.78. The maximum Gasteiger partial charge on any atom is 0.236 e. The van der Waals surface area contributed by atoms with Crippen molar-refractivity contribution in [1.29, 1.82) is 0 Å². The fraction of sp³-hybridized carbons (Fsp3) is 0.909. The van der Waals surface area contributed by atoms with Crippen LogP contribution >= 0.6 is 0 Å². The van der Waals surface area contributed by atoms with Crippen LogP contribution in [-0.2, 0) is 9.53 Å². The van der Waals surface area contributed by atoms with Crippen molar-refractivity contribution in [2.24, 2.45) is 0 Å². The van der Waals surface area contributed by atoms with Crippen molar-refractivity contribution in [3.8, 4) is 0 Å². The fourth-order valence-corrected chi connectivity index (χ4v) is 1.74. The van der Waals surface area contributed by atoms with Crippen LogP contribution in [0.1, 0.15) is 26.2 Å². The number of piperidine rings is 1. The van der Waals surface area contributed by atoms with E-state index in [0.29, 0.717) is 13.2 Å². The van der Waals surface area contributed by atoms with Crippen LogP contribution in [0.15, 0.2) is 0 Å². The minimum absolute atomic E-state index is 0.228. The Morgan fingerprint density at radius 3 is 2.73 bits per heavy atom. The van der Waals surface area contributed by atoms with Crippen molar-refractivity contribution < 1.29 is 9.53 Å². The van der Waals surface area contributed by atoms with Crippen molar-refractivity contribution in [2.45, 2.75) is 26.2 Å². The Kier molecular flexibility index (Phi) is 6.36. The Bertz CT molecular complexity index is 179. The van der Waals surface area contributed by atoms with E-state index in [2.05, 4.69) is 5.32 Å². The lowest BCUT2D eigenvalue weighted by molar-refractivity contribution is -0.131. The van der Waals surface area contributed by atoms with Crippen LogP contribution in [0.5, 0.6) is 0 Å². The van der Waals surface area contributed by atoms with Gasteiger partial charge in [-0.05, 0) is 26.2 Å². The number of nitrogens with one attached hydrogen (secondary N) is 1. The second-order valence-corrected chi connectivity index (χ2v) is 3.82. The molecule has 0 radical (unpaired) electrons. The van der Waals surface area contributed by atoms with Gasteiger partial charge >= 0.3 is 0 Å². The number of rotatable bonds is 6. The number of ether oxygens (including phenoxy) is 1. The molecule has 1 heterocycles. The molecule has 4 nitrogen and oxygen atoms in total. The van der Waals surface area contributed by atoms with Crippen LogP contribution < -0.4 is 5.32 Å². The maximum atomic E-state index is 11.7. The third-order valence-corrected chi connectivity index (χ3v) is 2.61. The van der Waals surface area contributed by atoms with E-state index < -0.39 is 0 Å². The lowest BCUT2D eigenvalue weighted by atomic mass is 10.1. The van der Waals surface area contributed by atoms with Gasteiger partial charge in [0.05, 0.1) is 13.2 Å². The molecule has 0 bridgehead atoms. The molecule has 0 aromatic rings. The van der Waals surface area contributed by atoms with Gasteiger partial charge in [0.1, 0.15) is 0 Å². The predicted octanol–water partition coefficient (Wildman–Crippen LogP) is 0.625. The minimum Gasteiger partial charge on any atom is -0.380 e. The van der Waals surface area contributed by atoms with Crippen LogP contribution in [0.25, 0.3) is 0 Å². The summed E-state index contributed by atoms with van der Waals surface area (Å²) in [5, 5.41) is 3.10. The minimum atomic E-state index is 0.228. The molecule has 0 spiro atoms. The third kappa shape index (κ3) is 5.14. The normalized spacial score (nSPS) is 16.7. The average Bonchev–Trinajstić information content (AvgIpc) is 2.30. The van der Waals surface area contributed by atoms with Gasteiger partial charge in [-0.3, -0.25) is 4.79 Å². The standard InChI is InChI=1S/C11H22N2O2/c1-2-15-9-6-12-10-11(14)13-7-4-3-5-8-13/h12H,2-10H2,1H3. The molecule has 1 aliphatic rings. The molecular formula is C11H22N2O2. The molecule has 0 saturated carbocycles. The number of carbonyl (C=O) groups is 1. The van der Waals surface area contributed by atoms with Gasteiger partial charge in [0.2, 0.25) is 5.91 Å². The molecule has 1 fully saturated rings. The monoisotopic (exact) mass is 214 g/mol. The number of hydrogen-bond donors (Lipinski definition) is 1. The highest BCUT2D eigenvalue weighted by Crippen LogP contribution is 2.07. The molecule has 88 valence electrons. The number of amides is 1. The van der Waals surface area contributed by atoms with Gasteiger partial charge in [-0.25, -0.2) is 0 Å². The number of likely N-dealkylation sites (tertiary alicyclic amines) is 1. The molecule has 4 heteroatoms. The van der Waals surface area contributed by atoms with Gasteiger partial charge < -0.3 is 15.0 Å². The molecule has 1 saturated heterocycles. The molecule has 0 aliphatic carbocycles. The Hall–Kier alpha value is -0.610. The first-order chi connectivity index (χ1) is 7.34. The van der Waals surface area contributed by atoms with E-state index in [9.17, 15) is 4.79 Å². The van der Waals surface area contributed by atoms with Crippen molar-refractivity contribution in [3.63, 3.8) is 0 Å². The topological polar surface area (TPSA) is 41.6 Å². The van der Waals surface area contributed by atoms with E-state index >= 15 is 0 Å². The predicted molar refractivity (Wildman–Crippen MR) is 59.8 cm³/mol. The Morgan fingerprint density at radius 2 is 2.07 bits per heavy atom. The molecule has 1 amide bonds. The molecule has 0 unspecified atom stereocenters. The second kappa shape index (κ2) is 7.65. The van der Waals surface area contributed by atoms with Crippen LogP contribution in [-0.4, -0.2) is 50.2 Å². The summed E-state index contributed by atoms with van der Waals surface area (Å²) in [6.45, 7) is 6.48. The lowest BCUT2D eigenvalue weighted by Gasteiger charge is -2.26. The molecule has 1 aliphatic heterocycles. The van der Waals surface area contributed by atoms with E-state index in [1.54, 1.807) is 0 Å². The van der Waals surface area contributed by atoms with E-state index in [0.717, 1.165) is 39.1 Å². The quantitative estimate of drug-likeness (QED) is 0.659. The van der Waals surface area contributed by atoms with Gasteiger partial charge in [-0.15, -0.1) is 0 Å². The van der Waals surface area contributed by atoms with E-state index in [1.165, 1.54) is 6.42 Å². The van der Waals surface area contributed by atoms with E-state index in [1.807, 2.05) is 11.8 Å². The van der Waals surface area contributed by atoms with Gasteiger partial charge in [0, 0.05) is 26.2 Å². The van der Waals surface area contributed by atoms with Crippen LogP contribution in [0, 0.1) is 0 Å². The van der Waals surface area contributed by atoms with Crippen LogP contribution in [0.3, 0.4) is 0 Å². The summed E-state index contributed by atoms with van der Waals surface area (Å²) < 4.78 is 5.17. The largest absolute Gasteiger partial charge is 0.380 e. The van der Waals surface area contributed by atoms with Gasteiger partial charge in [0.15, 0.2) is 0 Å². The van der Waals surface area contributed by atoms with Crippen molar-refractivity contribution in [3.05, 3.63) is 0 Å². The van der Waals surface area contributed by atoms with Crippen molar-refractivity contribution >= 4 is 5.91 Å². The highest BCUT2D eigenvalue weighted by Gasteiger charge is 2.15. The van der Waals surface area contributed by atoms with Gasteiger partial charge in [0.25, 0.3) is 0 Å². The van der Waals surface area contributed by atoms with E-state index in [-0.39, 0.29) is 5.91 Å². The molecule has 0 atom stereocenters. The zero-order valence-corrected chi connectivity index (χ0v) is 9.63. The summed E-state index contributed by atoms with van der Waals surface area (Å²) in [5.41, 5.74) is 0. The van der Waals surface area contributed by atoms with Gasteiger partial charge in [-0.2, -0.15) is 0 Å². The summed E-state index contributed by atoms with van der Waals surface area (Å²) in [4.78, 5) is 13.6. The van der Waals surface area contributed by atoms with Crippen molar-refractivity contribution in [1.82, 2.24) is 10.2 Å². The second-order valence-electron chi connectivity index (χ2n) is 3.82. The first-order valence-corrected chi connectivity index (χ1v) is 5.91. The van der Waals surface area contributed by atoms with Crippen LogP contribution in [0.2, 0.25) is 0 Å². The molecule has 15 heavy (non-hydrogen) atoms. The van der Waals surface area contributed by atoms with Gasteiger partial charge in [-0.1, -0.05) is 0 Å². The Morgan fingerprint density at radius 1 is 1.33 bits per heavy atom. The number of nitrogens with zero attached hydrogens (tertiary/aromatic N) is 1. The third-order valence-electron chi connectivity index (χ3n) is 2.61. The number of carbonyl (C=O) groups excluding carboxylic acids is 1. The molecule has 1 rings (SSSR count). The lowest BCUT2D eigenvalue weighted by Crippen LogP contribution is -2.41. The average molecular weight is 214 g/mol.